The van der Waals surface area contributed by atoms with Gasteiger partial charge in [-0.3, -0.25) is 14.5 Å². The molecule has 0 N–H and O–H groups in total. The second-order valence-corrected chi connectivity index (χ2v) is 6.05. The highest BCUT2D eigenvalue weighted by Crippen LogP contribution is 2.17. The molecule has 0 saturated carbocycles. The molecule has 134 valence electrons. The Balaban J connectivity index is 1.61. The Labute approximate surface area is 144 Å². The number of hydrogen-bond donors (Lipinski definition) is 0. The van der Waals surface area contributed by atoms with Crippen LogP contribution in [0.3, 0.4) is 0 Å². The van der Waals surface area contributed by atoms with Crippen molar-refractivity contribution in [2.24, 2.45) is 0 Å². The number of methoxy groups -OCH3 is 1. The molecule has 0 spiro atoms. The van der Waals surface area contributed by atoms with Crippen LogP contribution in [0.15, 0.2) is 26.1 Å². The van der Waals surface area contributed by atoms with Crippen LogP contribution in [-0.4, -0.2) is 54.2 Å². The number of ether oxygens (including phenoxy) is 1. The van der Waals surface area contributed by atoms with E-state index in [1.165, 1.54) is 19.4 Å². The number of aromatic nitrogens is 1. The summed E-state index contributed by atoms with van der Waals surface area (Å²) in [6.45, 7) is 7.18. The van der Waals surface area contributed by atoms with Gasteiger partial charge in [0.25, 0.3) is 5.91 Å². The van der Waals surface area contributed by atoms with Gasteiger partial charge in [-0.1, -0.05) is 5.16 Å². The summed E-state index contributed by atoms with van der Waals surface area (Å²) in [6, 6.07) is 1.18. The third kappa shape index (κ3) is 3.58. The summed E-state index contributed by atoms with van der Waals surface area (Å²) in [5, 5.41) is 3.97. The molecule has 1 aliphatic heterocycles. The van der Waals surface area contributed by atoms with Crippen molar-refractivity contribution >= 4 is 5.91 Å². The summed E-state index contributed by atoms with van der Waals surface area (Å²) in [6.07, 6.45) is 1.17. The number of carbonyl (C=O) groups is 1. The van der Waals surface area contributed by atoms with Gasteiger partial charge in [0.05, 0.1) is 12.8 Å². The van der Waals surface area contributed by atoms with Gasteiger partial charge in [0.2, 0.25) is 11.2 Å². The summed E-state index contributed by atoms with van der Waals surface area (Å²) < 4.78 is 15.3. The third-order valence-electron chi connectivity index (χ3n) is 4.45. The van der Waals surface area contributed by atoms with Gasteiger partial charge in [-0.2, -0.15) is 0 Å². The first-order valence-electron chi connectivity index (χ1n) is 8.10. The fraction of sp³-hybridized carbons (Fsp3) is 0.471. The highest BCUT2D eigenvalue weighted by molar-refractivity contribution is 5.91. The van der Waals surface area contributed by atoms with Crippen molar-refractivity contribution in [1.29, 1.82) is 0 Å². The van der Waals surface area contributed by atoms with Gasteiger partial charge < -0.3 is 18.6 Å². The van der Waals surface area contributed by atoms with E-state index >= 15 is 0 Å². The Morgan fingerprint density at radius 1 is 1.28 bits per heavy atom. The maximum absolute atomic E-state index is 12.5. The van der Waals surface area contributed by atoms with Crippen LogP contribution in [0, 0.1) is 13.8 Å². The molecule has 2 aromatic heterocycles. The summed E-state index contributed by atoms with van der Waals surface area (Å²) in [4.78, 5) is 28.2. The average molecular weight is 347 g/mol. The third-order valence-corrected chi connectivity index (χ3v) is 4.45. The van der Waals surface area contributed by atoms with Gasteiger partial charge >= 0.3 is 0 Å². The minimum absolute atomic E-state index is 0.0324. The first-order chi connectivity index (χ1) is 12.0. The van der Waals surface area contributed by atoms with Crippen LogP contribution in [-0.2, 0) is 6.54 Å². The lowest BCUT2D eigenvalue weighted by molar-refractivity contribution is 0.0593. The molecule has 3 heterocycles. The molecule has 1 saturated heterocycles. The first kappa shape index (κ1) is 17.2. The molecule has 0 unspecified atom stereocenters. The molecule has 1 amide bonds. The molecule has 0 radical (unpaired) electrons. The maximum Gasteiger partial charge on any atom is 0.289 e. The van der Waals surface area contributed by atoms with Crippen LogP contribution in [0.2, 0.25) is 0 Å². The minimum Gasteiger partial charge on any atom is -0.490 e. The van der Waals surface area contributed by atoms with Crippen molar-refractivity contribution < 1.29 is 18.5 Å². The molecule has 0 atom stereocenters. The zero-order valence-electron chi connectivity index (χ0n) is 14.6. The number of piperazine rings is 1. The van der Waals surface area contributed by atoms with Crippen molar-refractivity contribution in [2.45, 2.75) is 20.4 Å². The number of amides is 1. The van der Waals surface area contributed by atoms with Gasteiger partial charge in [-0.15, -0.1) is 0 Å². The fourth-order valence-corrected chi connectivity index (χ4v) is 2.88. The zero-order valence-corrected chi connectivity index (χ0v) is 14.6. The van der Waals surface area contributed by atoms with E-state index in [0.29, 0.717) is 13.1 Å². The van der Waals surface area contributed by atoms with Crippen LogP contribution in [0.1, 0.15) is 27.6 Å². The van der Waals surface area contributed by atoms with E-state index in [1.807, 2.05) is 13.8 Å². The lowest BCUT2D eigenvalue weighted by atomic mass is 10.1. The topological polar surface area (TPSA) is 89.0 Å². The molecule has 8 heteroatoms. The molecule has 0 bridgehead atoms. The van der Waals surface area contributed by atoms with Crippen molar-refractivity contribution in [3.8, 4) is 5.75 Å². The van der Waals surface area contributed by atoms with Gasteiger partial charge in [0.15, 0.2) is 5.76 Å². The maximum atomic E-state index is 12.5. The molecule has 1 fully saturated rings. The predicted octanol–water partition coefficient (Wildman–Crippen LogP) is 1.21. The Kier molecular flexibility index (Phi) is 4.89. The second kappa shape index (κ2) is 7.10. The molecule has 3 rings (SSSR count). The summed E-state index contributed by atoms with van der Waals surface area (Å²) in [5.41, 5.74) is 1.63. The predicted molar refractivity (Wildman–Crippen MR) is 88.7 cm³/mol. The lowest BCUT2D eigenvalue weighted by Gasteiger charge is -2.34. The molecule has 0 aliphatic carbocycles. The van der Waals surface area contributed by atoms with E-state index in [-0.39, 0.29) is 22.8 Å². The quantitative estimate of drug-likeness (QED) is 0.821. The van der Waals surface area contributed by atoms with Crippen molar-refractivity contribution in [3.05, 3.63) is 45.3 Å². The minimum atomic E-state index is -0.367. The zero-order chi connectivity index (χ0) is 18.0. The van der Waals surface area contributed by atoms with Crippen molar-refractivity contribution in [2.75, 3.05) is 33.3 Å². The SMILES string of the molecule is COc1coc(C(=O)N2CCN(Cc3c(C)noc3C)CC2)cc1=O. The fourth-order valence-electron chi connectivity index (χ4n) is 2.88. The Bertz CT molecular complexity index is 798. The van der Waals surface area contributed by atoms with Gasteiger partial charge in [-0.05, 0) is 13.8 Å². The van der Waals surface area contributed by atoms with E-state index in [4.69, 9.17) is 13.7 Å². The number of rotatable bonds is 4. The largest absolute Gasteiger partial charge is 0.490 e. The average Bonchev–Trinajstić information content (AvgIpc) is 2.93. The highest BCUT2D eigenvalue weighted by Gasteiger charge is 2.25. The number of carbonyl (C=O) groups excluding carboxylic acids is 1. The second-order valence-electron chi connectivity index (χ2n) is 6.05. The molecule has 8 nitrogen and oxygen atoms in total. The summed E-state index contributed by atoms with van der Waals surface area (Å²) >= 11 is 0. The Hall–Kier alpha value is -2.61. The number of aryl methyl sites for hydroxylation is 2. The van der Waals surface area contributed by atoms with E-state index in [0.717, 1.165) is 36.7 Å². The van der Waals surface area contributed by atoms with Gasteiger partial charge in [0, 0.05) is 44.4 Å². The molecular formula is C17H21N3O5. The van der Waals surface area contributed by atoms with Crippen LogP contribution >= 0.6 is 0 Å². The van der Waals surface area contributed by atoms with Crippen molar-refractivity contribution in [1.82, 2.24) is 15.0 Å². The van der Waals surface area contributed by atoms with E-state index in [1.54, 1.807) is 4.90 Å². The lowest BCUT2D eigenvalue weighted by Crippen LogP contribution is -2.48. The van der Waals surface area contributed by atoms with E-state index in [9.17, 15) is 9.59 Å². The number of hydrogen-bond acceptors (Lipinski definition) is 7. The molecule has 2 aromatic rings. The Morgan fingerprint density at radius 3 is 2.56 bits per heavy atom. The van der Waals surface area contributed by atoms with Gasteiger partial charge in [0.1, 0.15) is 12.0 Å². The van der Waals surface area contributed by atoms with Crippen LogP contribution in [0.5, 0.6) is 5.75 Å². The standard InChI is InChI=1S/C17H21N3O5/c1-11-13(12(2)25-18-11)9-19-4-6-20(7-5-19)17(22)15-8-14(21)16(23-3)10-24-15/h8,10H,4-7,9H2,1-3H3. The molecule has 25 heavy (non-hydrogen) atoms. The van der Waals surface area contributed by atoms with Crippen LogP contribution < -0.4 is 10.2 Å². The number of nitrogens with zero attached hydrogens (tertiary/aromatic N) is 3. The summed E-state index contributed by atoms with van der Waals surface area (Å²) in [7, 11) is 1.38. The monoisotopic (exact) mass is 347 g/mol. The van der Waals surface area contributed by atoms with Gasteiger partial charge in [-0.25, -0.2) is 0 Å². The molecule has 1 aliphatic rings. The van der Waals surface area contributed by atoms with E-state index in [2.05, 4.69) is 10.1 Å². The van der Waals surface area contributed by atoms with Crippen LogP contribution in [0.4, 0.5) is 0 Å². The smallest absolute Gasteiger partial charge is 0.289 e. The molecular weight excluding hydrogens is 326 g/mol. The first-order valence-corrected chi connectivity index (χ1v) is 8.10. The van der Waals surface area contributed by atoms with E-state index < -0.39 is 0 Å². The van der Waals surface area contributed by atoms with Crippen molar-refractivity contribution in [3.63, 3.8) is 0 Å². The highest BCUT2D eigenvalue weighted by atomic mass is 16.5. The summed E-state index contributed by atoms with van der Waals surface area (Å²) in [5.74, 6) is 0.665. The Morgan fingerprint density at radius 2 is 2.00 bits per heavy atom. The normalized spacial score (nSPS) is 15.4. The molecule has 0 aromatic carbocycles. The van der Waals surface area contributed by atoms with Crippen LogP contribution in [0.25, 0.3) is 0 Å².